The van der Waals surface area contributed by atoms with E-state index in [1.54, 1.807) is 0 Å². The van der Waals surface area contributed by atoms with Crippen molar-refractivity contribution in [2.75, 3.05) is 31.6 Å². The number of piperidine rings is 1. The first-order valence-corrected chi connectivity index (χ1v) is 7.79. The van der Waals surface area contributed by atoms with Crippen molar-refractivity contribution in [3.05, 3.63) is 0 Å². The van der Waals surface area contributed by atoms with Crippen molar-refractivity contribution in [1.29, 1.82) is 0 Å². The van der Waals surface area contributed by atoms with E-state index in [2.05, 4.69) is 5.32 Å². The zero-order valence-electron chi connectivity index (χ0n) is 10.3. The van der Waals surface area contributed by atoms with Crippen LogP contribution >= 0.6 is 0 Å². The van der Waals surface area contributed by atoms with Gasteiger partial charge in [-0.2, -0.15) is 0 Å². The minimum Gasteiger partial charge on any atom is -0.481 e. The summed E-state index contributed by atoms with van der Waals surface area (Å²) in [6, 6.07) is -0.399. The normalized spacial score (nSPS) is 20.5. The van der Waals surface area contributed by atoms with Crippen LogP contribution in [-0.2, 0) is 14.6 Å². The van der Waals surface area contributed by atoms with Gasteiger partial charge in [-0.15, -0.1) is 0 Å². The van der Waals surface area contributed by atoms with Gasteiger partial charge in [-0.05, 0) is 12.8 Å². The Labute approximate surface area is 106 Å². The fourth-order valence-corrected chi connectivity index (χ4v) is 2.29. The maximum absolute atomic E-state index is 11.7. The minimum atomic E-state index is -3.10. The van der Waals surface area contributed by atoms with Gasteiger partial charge < -0.3 is 15.3 Å². The highest BCUT2D eigenvalue weighted by Crippen LogP contribution is 2.16. The lowest BCUT2D eigenvalue weighted by Gasteiger charge is -2.30. The van der Waals surface area contributed by atoms with Crippen LogP contribution in [0.4, 0.5) is 4.79 Å². The van der Waals surface area contributed by atoms with E-state index in [0.717, 1.165) is 6.26 Å². The number of aliphatic carboxylic acids is 1. The molecule has 1 heterocycles. The lowest BCUT2D eigenvalue weighted by Crippen LogP contribution is -2.47. The Morgan fingerprint density at radius 3 is 2.67 bits per heavy atom. The Morgan fingerprint density at radius 1 is 1.44 bits per heavy atom. The molecule has 0 aromatic rings. The summed E-state index contributed by atoms with van der Waals surface area (Å²) in [5.74, 6) is -1.54. The largest absolute Gasteiger partial charge is 0.481 e. The second-order valence-electron chi connectivity index (χ2n) is 4.49. The molecule has 0 spiro atoms. The van der Waals surface area contributed by atoms with Crippen LogP contribution in [0.3, 0.4) is 0 Å². The highest BCUT2D eigenvalue weighted by atomic mass is 32.2. The Hall–Kier alpha value is -1.31. The standard InChI is InChI=1S/C10H18N2O5S/c1-18(16,17)6-4-11-10(15)12-5-2-3-8(7-12)9(13)14/h8H,2-7H2,1H3,(H,11,15)(H,13,14). The van der Waals surface area contributed by atoms with E-state index in [4.69, 9.17) is 5.11 Å². The molecule has 0 aromatic heterocycles. The Balaban J connectivity index is 2.39. The number of nitrogens with one attached hydrogen (secondary N) is 1. The number of carboxylic acids is 1. The minimum absolute atomic E-state index is 0.0475. The number of hydrogen-bond donors (Lipinski definition) is 2. The molecule has 1 saturated heterocycles. The predicted molar refractivity (Wildman–Crippen MR) is 65.0 cm³/mol. The van der Waals surface area contributed by atoms with E-state index >= 15 is 0 Å². The fourth-order valence-electron chi connectivity index (χ4n) is 1.82. The summed E-state index contributed by atoms with van der Waals surface area (Å²) in [7, 11) is -3.10. The second-order valence-corrected chi connectivity index (χ2v) is 6.74. The molecule has 104 valence electrons. The number of carbonyl (C=O) groups is 2. The average Bonchev–Trinajstić information content (AvgIpc) is 2.27. The first-order chi connectivity index (χ1) is 8.29. The molecule has 1 unspecified atom stereocenters. The Kier molecular flexibility index (Phi) is 4.94. The van der Waals surface area contributed by atoms with Crippen molar-refractivity contribution in [1.82, 2.24) is 10.2 Å². The van der Waals surface area contributed by atoms with Gasteiger partial charge >= 0.3 is 12.0 Å². The number of carboxylic acid groups (broad SMARTS) is 1. The van der Waals surface area contributed by atoms with Gasteiger partial charge in [-0.3, -0.25) is 4.79 Å². The van der Waals surface area contributed by atoms with Gasteiger partial charge in [0.15, 0.2) is 0 Å². The molecule has 1 aliphatic rings. The number of likely N-dealkylation sites (tertiary alicyclic amines) is 1. The Morgan fingerprint density at radius 2 is 2.11 bits per heavy atom. The van der Waals surface area contributed by atoms with E-state index in [0.29, 0.717) is 19.4 Å². The second kappa shape index (κ2) is 6.03. The van der Waals surface area contributed by atoms with Gasteiger partial charge in [0, 0.05) is 25.9 Å². The van der Waals surface area contributed by atoms with Crippen LogP contribution in [0.15, 0.2) is 0 Å². The smallest absolute Gasteiger partial charge is 0.317 e. The van der Waals surface area contributed by atoms with Crippen LogP contribution in [0.5, 0.6) is 0 Å². The fraction of sp³-hybridized carbons (Fsp3) is 0.800. The summed E-state index contributed by atoms with van der Waals surface area (Å²) in [4.78, 5) is 23.9. The molecule has 7 nitrogen and oxygen atoms in total. The number of carbonyl (C=O) groups excluding carboxylic acids is 1. The highest BCUT2D eigenvalue weighted by Gasteiger charge is 2.27. The predicted octanol–water partition coefficient (Wildman–Crippen LogP) is -0.463. The lowest BCUT2D eigenvalue weighted by molar-refractivity contribution is -0.143. The van der Waals surface area contributed by atoms with Crippen LogP contribution in [0.1, 0.15) is 12.8 Å². The number of urea groups is 1. The van der Waals surface area contributed by atoms with Gasteiger partial charge in [0.05, 0.1) is 11.7 Å². The topological polar surface area (TPSA) is 104 Å². The van der Waals surface area contributed by atoms with Crippen molar-refractivity contribution in [3.8, 4) is 0 Å². The van der Waals surface area contributed by atoms with E-state index in [1.165, 1.54) is 4.90 Å². The number of amides is 2. The molecule has 0 aliphatic carbocycles. The molecule has 1 atom stereocenters. The zero-order valence-corrected chi connectivity index (χ0v) is 11.1. The van der Waals surface area contributed by atoms with Crippen molar-refractivity contribution < 1.29 is 23.1 Å². The molecule has 18 heavy (non-hydrogen) atoms. The van der Waals surface area contributed by atoms with Gasteiger partial charge in [-0.1, -0.05) is 0 Å². The quantitative estimate of drug-likeness (QED) is 0.724. The molecule has 8 heteroatoms. The molecule has 0 aromatic carbocycles. The van der Waals surface area contributed by atoms with Crippen molar-refractivity contribution in [2.24, 2.45) is 5.92 Å². The summed E-state index contributed by atoms with van der Waals surface area (Å²) in [5, 5.41) is 11.4. The molecule has 2 N–H and O–H groups in total. The summed E-state index contributed by atoms with van der Waals surface area (Å²) >= 11 is 0. The zero-order chi connectivity index (χ0) is 13.8. The van der Waals surface area contributed by atoms with Gasteiger partial charge in [0.2, 0.25) is 0 Å². The van der Waals surface area contributed by atoms with E-state index < -0.39 is 27.8 Å². The molecule has 2 amide bonds. The molecule has 1 aliphatic heterocycles. The highest BCUT2D eigenvalue weighted by molar-refractivity contribution is 7.90. The lowest BCUT2D eigenvalue weighted by atomic mass is 9.99. The van der Waals surface area contributed by atoms with Crippen LogP contribution in [0, 0.1) is 5.92 Å². The van der Waals surface area contributed by atoms with Crippen LogP contribution in [0.25, 0.3) is 0 Å². The van der Waals surface area contributed by atoms with Crippen molar-refractivity contribution in [3.63, 3.8) is 0 Å². The number of rotatable bonds is 4. The molecular formula is C10H18N2O5S. The summed E-state index contributed by atoms with van der Waals surface area (Å²) in [6.07, 6.45) is 2.32. The first kappa shape index (κ1) is 14.7. The van der Waals surface area contributed by atoms with Gasteiger partial charge in [-0.25, -0.2) is 13.2 Å². The maximum Gasteiger partial charge on any atom is 0.317 e. The van der Waals surface area contributed by atoms with E-state index in [9.17, 15) is 18.0 Å². The molecule has 1 fully saturated rings. The van der Waals surface area contributed by atoms with Gasteiger partial charge in [0.1, 0.15) is 9.84 Å². The molecule has 0 bridgehead atoms. The maximum atomic E-state index is 11.7. The van der Waals surface area contributed by atoms with Crippen molar-refractivity contribution >= 4 is 21.8 Å². The van der Waals surface area contributed by atoms with Crippen LogP contribution in [0.2, 0.25) is 0 Å². The third kappa shape index (κ3) is 4.91. The van der Waals surface area contributed by atoms with Crippen molar-refractivity contribution in [2.45, 2.75) is 12.8 Å². The van der Waals surface area contributed by atoms with Gasteiger partial charge in [0.25, 0.3) is 0 Å². The number of hydrogen-bond acceptors (Lipinski definition) is 4. The summed E-state index contributed by atoms with van der Waals surface area (Å²) < 4.78 is 21.8. The average molecular weight is 278 g/mol. The molecule has 0 saturated carbocycles. The summed E-state index contributed by atoms with van der Waals surface area (Å²) in [5.41, 5.74) is 0. The molecule has 0 radical (unpaired) electrons. The van der Waals surface area contributed by atoms with Crippen LogP contribution < -0.4 is 5.32 Å². The number of sulfone groups is 1. The SMILES string of the molecule is CS(=O)(=O)CCNC(=O)N1CCCC(C(=O)O)C1. The molecule has 1 rings (SSSR count). The van der Waals surface area contributed by atoms with Crippen LogP contribution in [-0.4, -0.2) is 62.1 Å². The summed E-state index contributed by atoms with van der Waals surface area (Å²) in [6.45, 7) is 0.737. The molecular weight excluding hydrogens is 260 g/mol. The monoisotopic (exact) mass is 278 g/mol. The third-order valence-corrected chi connectivity index (χ3v) is 3.75. The first-order valence-electron chi connectivity index (χ1n) is 5.73. The van der Waals surface area contributed by atoms with E-state index in [1.807, 2.05) is 0 Å². The number of nitrogens with zero attached hydrogens (tertiary/aromatic N) is 1. The van der Waals surface area contributed by atoms with E-state index in [-0.39, 0.29) is 18.8 Å². The third-order valence-electron chi connectivity index (χ3n) is 2.81. The Bertz CT molecular complexity index is 420.